The van der Waals surface area contributed by atoms with Gasteiger partial charge in [-0.2, -0.15) is 20.4 Å². The lowest BCUT2D eigenvalue weighted by molar-refractivity contribution is -0.131. The Balaban J connectivity index is 1.16. The molecule has 1 aliphatic rings. The number of nitrogens with zero attached hydrogens (tertiary/aromatic N) is 7. The maximum atomic E-state index is 12.8. The first-order valence-electron chi connectivity index (χ1n) is 12.0. The molecule has 3 aromatic heterocycles. The number of fused-ring (bicyclic) bond motifs is 2. The Hall–Kier alpha value is -3.47. The van der Waals surface area contributed by atoms with E-state index in [1.807, 2.05) is 42.1 Å². The molecular weight excluding hydrogens is 464 g/mol. The highest BCUT2D eigenvalue weighted by atomic mass is 32.1. The maximum absolute atomic E-state index is 12.8. The largest absolute Gasteiger partial charge is 0.491 e. The number of amides is 1. The van der Waals surface area contributed by atoms with Gasteiger partial charge >= 0.3 is 0 Å². The Morgan fingerprint density at radius 3 is 2.77 bits per heavy atom. The number of ether oxygens (including phenoxy) is 1. The lowest BCUT2D eigenvalue weighted by atomic mass is 10.2. The van der Waals surface area contributed by atoms with Crippen LogP contribution in [0.3, 0.4) is 0 Å². The fourth-order valence-corrected chi connectivity index (χ4v) is 5.21. The predicted octanol–water partition coefficient (Wildman–Crippen LogP) is 3.10. The van der Waals surface area contributed by atoms with E-state index in [4.69, 9.17) is 14.7 Å². The van der Waals surface area contributed by atoms with E-state index < -0.39 is 0 Å². The van der Waals surface area contributed by atoms with Gasteiger partial charge in [0.15, 0.2) is 5.52 Å². The molecule has 184 valence electrons. The van der Waals surface area contributed by atoms with Gasteiger partial charge in [-0.3, -0.25) is 4.79 Å². The fraction of sp³-hybridized carbons (Fsp3) is 0.458. The van der Waals surface area contributed by atoms with Gasteiger partial charge < -0.3 is 19.4 Å². The highest BCUT2D eigenvalue weighted by molar-refractivity contribution is 7.18. The van der Waals surface area contributed by atoms with Crippen LogP contribution in [-0.4, -0.2) is 83.1 Å². The molecule has 1 saturated heterocycles. The minimum Gasteiger partial charge on any atom is -0.491 e. The van der Waals surface area contributed by atoms with E-state index in [-0.39, 0.29) is 5.91 Å². The summed E-state index contributed by atoms with van der Waals surface area (Å²) < 4.78 is 5.85. The molecule has 35 heavy (non-hydrogen) atoms. The molecule has 5 rings (SSSR count). The molecular formula is C24H30N8O2S. The number of aryl methyl sites for hydroxylation is 1. The normalized spacial score (nSPS) is 14.1. The van der Waals surface area contributed by atoms with E-state index in [1.165, 1.54) is 4.88 Å². The zero-order valence-electron chi connectivity index (χ0n) is 20.3. The van der Waals surface area contributed by atoms with Gasteiger partial charge in [-0.25, -0.2) is 4.98 Å². The van der Waals surface area contributed by atoms with Gasteiger partial charge in [-0.15, -0.1) is 11.3 Å². The molecule has 1 amide bonds. The molecule has 0 unspecified atom stereocenters. The third kappa shape index (κ3) is 4.86. The van der Waals surface area contributed by atoms with Crippen LogP contribution < -0.4 is 14.5 Å². The Morgan fingerprint density at radius 2 is 2.00 bits per heavy atom. The Bertz CT molecular complexity index is 1330. The van der Waals surface area contributed by atoms with Crippen LogP contribution >= 0.6 is 11.3 Å². The highest BCUT2D eigenvalue weighted by Crippen LogP contribution is 2.33. The van der Waals surface area contributed by atoms with Crippen molar-refractivity contribution in [1.29, 1.82) is 0 Å². The number of benzene rings is 1. The van der Waals surface area contributed by atoms with Crippen molar-refractivity contribution in [3.8, 4) is 5.75 Å². The molecule has 10 nitrogen and oxygen atoms in total. The number of hydrogen-bond donors (Lipinski definition) is 1. The van der Waals surface area contributed by atoms with E-state index in [1.54, 1.807) is 11.3 Å². The molecule has 1 aromatic carbocycles. The molecule has 1 aliphatic heterocycles. The topological polar surface area (TPSA) is 103 Å². The second-order valence-electron chi connectivity index (χ2n) is 8.79. The third-order valence-electron chi connectivity index (χ3n) is 6.19. The quantitative estimate of drug-likeness (QED) is 0.373. The minimum absolute atomic E-state index is 0.165. The van der Waals surface area contributed by atoms with Gasteiger partial charge in [0, 0.05) is 51.6 Å². The van der Waals surface area contributed by atoms with Crippen molar-refractivity contribution >= 4 is 50.3 Å². The van der Waals surface area contributed by atoms with Crippen molar-refractivity contribution < 1.29 is 9.53 Å². The number of H-pyrrole nitrogens is 1. The standard InChI is InChI=1S/C24H30N8O2S/c1-4-16-15-17-22(25-24(30(2)3)26-23(17)35-16)32-12-10-31(11-13-32)20(33)9-6-14-34-19-8-5-7-18-21(19)28-29-27-18/h5,7-8,15H,4,6,9-14H2,1-3H3,(H,27,28,29). The van der Waals surface area contributed by atoms with Crippen LogP contribution in [-0.2, 0) is 11.2 Å². The summed E-state index contributed by atoms with van der Waals surface area (Å²) in [7, 11) is 3.93. The van der Waals surface area contributed by atoms with Gasteiger partial charge in [0.05, 0.1) is 12.0 Å². The number of hydrogen-bond acceptors (Lipinski definition) is 9. The molecule has 0 saturated carbocycles. The summed E-state index contributed by atoms with van der Waals surface area (Å²) in [6.45, 7) is 5.51. The van der Waals surface area contributed by atoms with E-state index in [2.05, 4.69) is 33.3 Å². The van der Waals surface area contributed by atoms with Crippen molar-refractivity contribution in [2.24, 2.45) is 0 Å². The van der Waals surface area contributed by atoms with E-state index in [9.17, 15) is 4.79 Å². The lowest BCUT2D eigenvalue weighted by Crippen LogP contribution is -2.49. The first-order chi connectivity index (χ1) is 17.0. The molecule has 4 aromatic rings. The van der Waals surface area contributed by atoms with Crippen molar-refractivity contribution in [3.63, 3.8) is 0 Å². The van der Waals surface area contributed by atoms with Crippen molar-refractivity contribution in [2.45, 2.75) is 26.2 Å². The van der Waals surface area contributed by atoms with E-state index >= 15 is 0 Å². The first-order valence-corrected chi connectivity index (χ1v) is 12.8. The molecule has 0 radical (unpaired) electrons. The second kappa shape index (κ2) is 10.0. The van der Waals surface area contributed by atoms with Crippen molar-refractivity contribution in [1.82, 2.24) is 30.3 Å². The summed E-state index contributed by atoms with van der Waals surface area (Å²) in [5.41, 5.74) is 1.48. The number of carbonyl (C=O) groups is 1. The molecule has 11 heteroatoms. The number of anilines is 2. The molecule has 0 bridgehead atoms. The van der Waals surface area contributed by atoms with Crippen LogP contribution in [0.15, 0.2) is 24.3 Å². The molecule has 0 spiro atoms. The molecule has 1 fully saturated rings. The van der Waals surface area contributed by atoms with Crippen LogP contribution in [0.25, 0.3) is 21.3 Å². The Morgan fingerprint density at radius 1 is 1.17 bits per heavy atom. The SMILES string of the molecule is CCc1cc2c(N3CCN(C(=O)CCCOc4cccc5n[nH]nc45)CC3)nc(N(C)C)nc2s1. The van der Waals surface area contributed by atoms with Gasteiger partial charge in [0.25, 0.3) is 0 Å². The summed E-state index contributed by atoms with van der Waals surface area (Å²) in [5.74, 6) is 2.54. The average Bonchev–Trinajstić information content (AvgIpc) is 3.53. The van der Waals surface area contributed by atoms with Crippen LogP contribution in [0.5, 0.6) is 5.75 Å². The predicted molar refractivity (Wildman–Crippen MR) is 139 cm³/mol. The van der Waals surface area contributed by atoms with Crippen molar-refractivity contribution in [2.75, 3.05) is 56.7 Å². The Labute approximate surface area is 207 Å². The summed E-state index contributed by atoms with van der Waals surface area (Å²) in [4.78, 5) is 30.9. The first kappa shape index (κ1) is 23.3. The number of nitrogens with one attached hydrogen (secondary N) is 1. The number of rotatable bonds is 8. The number of aromatic nitrogens is 5. The molecule has 4 heterocycles. The maximum Gasteiger partial charge on any atom is 0.228 e. The van der Waals surface area contributed by atoms with Crippen LogP contribution in [0.1, 0.15) is 24.6 Å². The zero-order chi connectivity index (χ0) is 24.4. The minimum atomic E-state index is 0.165. The number of thiophene rings is 1. The van der Waals surface area contributed by atoms with E-state index in [0.29, 0.717) is 43.8 Å². The van der Waals surface area contributed by atoms with Crippen LogP contribution in [0, 0.1) is 0 Å². The third-order valence-corrected chi connectivity index (χ3v) is 7.37. The molecule has 0 aliphatic carbocycles. The number of piperazine rings is 1. The molecule has 0 atom stereocenters. The summed E-state index contributed by atoms with van der Waals surface area (Å²) >= 11 is 1.73. The lowest BCUT2D eigenvalue weighted by Gasteiger charge is -2.36. The number of aromatic amines is 1. The average molecular weight is 495 g/mol. The summed E-state index contributed by atoms with van der Waals surface area (Å²) in [6.07, 6.45) is 2.10. The number of para-hydroxylation sites is 1. The summed E-state index contributed by atoms with van der Waals surface area (Å²) in [6, 6.07) is 7.85. The van der Waals surface area contributed by atoms with Gasteiger partial charge in [-0.1, -0.05) is 13.0 Å². The highest BCUT2D eigenvalue weighted by Gasteiger charge is 2.24. The Kier molecular flexibility index (Phi) is 6.67. The van der Waals surface area contributed by atoms with Crippen LogP contribution in [0.2, 0.25) is 0 Å². The van der Waals surface area contributed by atoms with Gasteiger partial charge in [0.1, 0.15) is 21.9 Å². The van der Waals surface area contributed by atoms with Gasteiger partial charge in [0.2, 0.25) is 11.9 Å². The monoisotopic (exact) mass is 494 g/mol. The number of carbonyl (C=O) groups excluding carboxylic acids is 1. The van der Waals surface area contributed by atoms with E-state index in [0.717, 1.165) is 47.0 Å². The van der Waals surface area contributed by atoms with Crippen LogP contribution in [0.4, 0.5) is 11.8 Å². The fourth-order valence-electron chi connectivity index (χ4n) is 4.25. The zero-order valence-corrected chi connectivity index (χ0v) is 21.1. The van der Waals surface area contributed by atoms with Gasteiger partial charge in [-0.05, 0) is 31.0 Å². The smallest absolute Gasteiger partial charge is 0.228 e. The second-order valence-corrected chi connectivity index (χ2v) is 9.91. The summed E-state index contributed by atoms with van der Waals surface area (Å²) in [5, 5.41) is 11.9. The van der Waals surface area contributed by atoms with Crippen molar-refractivity contribution in [3.05, 3.63) is 29.1 Å². The molecule has 1 N–H and O–H groups in total.